The lowest BCUT2D eigenvalue weighted by atomic mass is 10.3. The summed E-state index contributed by atoms with van der Waals surface area (Å²) in [5.74, 6) is 6.52. The summed E-state index contributed by atoms with van der Waals surface area (Å²) in [6, 6.07) is 7.31. The summed E-state index contributed by atoms with van der Waals surface area (Å²) in [6.45, 7) is 0. The van der Waals surface area contributed by atoms with E-state index in [1.54, 1.807) is 12.1 Å². The monoisotopic (exact) mass is 280 g/mol. The van der Waals surface area contributed by atoms with E-state index in [2.05, 4.69) is 10.4 Å². The van der Waals surface area contributed by atoms with Gasteiger partial charge in [-0.1, -0.05) is 11.6 Å². The van der Waals surface area contributed by atoms with Crippen LogP contribution in [0.1, 0.15) is 0 Å². The van der Waals surface area contributed by atoms with Gasteiger partial charge in [0.15, 0.2) is 0 Å². The molecular weight excluding hydrogens is 272 g/mol. The zero-order valence-electron chi connectivity index (χ0n) is 9.54. The van der Waals surface area contributed by atoms with Crippen LogP contribution in [-0.2, 0) is 0 Å². The molecule has 2 aromatic rings. The molecule has 8 heteroatoms. The summed E-state index contributed by atoms with van der Waals surface area (Å²) in [5, 5.41) is 10.6. The van der Waals surface area contributed by atoms with Crippen molar-refractivity contribution < 1.29 is 9.66 Å². The number of hydrogen-bond donors (Lipinski definition) is 2. The van der Waals surface area contributed by atoms with Crippen LogP contribution in [0.4, 0.5) is 11.5 Å². The molecule has 1 aromatic heterocycles. The number of nitro groups is 1. The smallest absolute Gasteiger partial charge is 0.288 e. The first-order valence-corrected chi connectivity index (χ1v) is 5.52. The van der Waals surface area contributed by atoms with E-state index in [-0.39, 0.29) is 10.7 Å². The number of rotatable bonds is 4. The van der Waals surface area contributed by atoms with Crippen molar-refractivity contribution in [3.8, 4) is 11.5 Å². The third-order valence-electron chi connectivity index (χ3n) is 2.23. The van der Waals surface area contributed by atoms with Crippen LogP contribution in [-0.4, -0.2) is 9.91 Å². The van der Waals surface area contributed by atoms with Gasteiger partial charge in [-0.25, -0.2) is 10.8 Å². The zero-order chi connectivity index (χ0) is 13.8. The van der Waals surface area contributed by atoms with Crippen molar-refractivity contribution in [2.24, 2.45) is 5.84 Å². The largest absolute Gasteiger partial charge is 0.457 e. The molecule has 19 heavy (non-hydrogen) atoms. The van der Waals surface area contributed by atoms with Gasteiger partial charge in [-0.15, -0.1) is 0 Å². The lowest BCUT2D eigenvalue weighted by Gasteiger charge is -2.07. The van der Waals surface area contributed by atoms with Crippen molar-refractivity contribution in [2.75, 3.05) is 5.43 Å². The highest BCUT2D eigenvalue weighted by atomic mass is 35.5. The molecule has 0 amide bonds. The Labute approximate surface area is 113 Å². The minimum Gasteiger partial charge on any atom is -0.457 e. The minimum absolute atomic E-state index is 0.00808. The number of nitrogens with zero attached hydrogens (tertiary/aromatic N) is 2. The summed E-state index contributed by atoms with van der Waals surface area (Å²) in [4.78, 5) is 14.0. The van der Waals surface area contributed by atoms with Gasteiger partial charge >= 0.3 is 0 Å². The Kier molecular flexibility index (Phi) is 3.79. The lowest BCUT2D eigenvalue weighted by Crippen LogP contribution is -2.08. The van der Waals surface area contributed by atoms with Gasteiger partial charge in [-0.2, -0.15) is 0 Å². The molecule has 1 heterocycles. The number of pyridine rings is 1. The molecular formula is C11H9ClN4O3. The zero-order valence-corrected chi connectivity index (χ0v) is 10.3. The molecule has 0 aliphatic carbocycles. The van der Waals surface area contributed by atoms with Gasteiger partial charge in [0, 0.05) is 24.4 Å². The fourth-order valence-electron chi connectivity index (χ4n) is 1.39. The number of nitro benzene ring substituents is 1. The third-order valence-corrected chi connectivity index (χ3v) is 2.53. The highest BCUT2D eigenvalue weighted by Gasteiger charge is 2.12. The molecule has 3 N–H and O–H groups in total. The maximum atomic E-state index is 10.6. The normalized spacial score (nSPS) is 10.0. The fourth-order valence-corrected chi connectivity index (χ4v) is 1.63. The molecule has 1 aromatic carbocycles. The Morgan fingerprint density at radius 1 is 1.32 bits per heavy atom. The van der Waals surface area contributed by atoms with Gasteiger partial charge in [0.2, 0.25) is 0 Å². The second kappa shape index (κ2) is 5.51. The SMILES string of the molecule is NNc1cc(Oc2ccc([N+](=O)[O-])c(Cl)c2)ccn1. The number of halogens is 1. The van der Waals surface area contributed by atoms with Crippen LogP contribution >= 0.6 is 11.6 Å². The first-order valence-electron chi connectivity index (χ1n) is 5.14. The molecule has 0 bridgehead atoms. The molecule has 98 valence electrons. The van der Waals surface area contributed by atoms with Crippen LogP contribution in [0.25, 0.3) is 0 Å². The molecule has 0 aliphatic heterocycles. The van der Waals surface area contributed by atoms with Gasteiger partial charge in [0.25, 0.3) is 5.69 Å². The second-order valence-electron chi connectivity index (χ2n) is 3.49. The van der Waals surface area contributed by atoms with E-state index in [4.69, 9.17) is 22.2 Å². The van der Waals surface area contributed by atoms with Crippen LogP contribution in [0, 0.1) is 10.1 Å². The van der Waals surface area contributed by atoms with E-state index in [1.807, 2.05) is 0 Å². The number of nitrogens with two attached hydrogens (primary N) is 1. The fraction of sp³-hybridized carbons (Fsp3) is 0. The number of nitrogen functional groups attached to an aromatic ring is 1. The van der Waals surface area contributed by atoms with Crippen molar-refractivity contribution >= 4 is 23.1 Å². The molecule has 0 aliphatic rings. The van der Waals surface area contributed by atoms with Gasteiger partial charge in [-0.3, -0.25) is 10.1 Å². The summed E-state index contributed by atoms with van der Waals surface area (Å²) >= 11 is 5.78. The molecule has 7 nitrogen and oxygen atoms in total. The Hall–Kier alpha value is -2.38. The molecule has 0 atom stereocenters. The van der Waals surface area contributed by atoms with Crippen molar-refractivity contribution in [1.29, 1.82) is 0 Å². The Balaban J connectivity index is 2.23. The molecule has 0 unspecified atom stereocenters. The third kappa shape index (κ3) is 3.09. The number of anilines is 1. The number of hydrazine groups is 1. The van der Waals surface area contributed by atoms with Crippen LogP contribution in [0.5, 0.6) is 11.5 Å². The van der Waals surface area contributed by atoms with Crippen molar-refractivity contribution in [2.45, 2.75) is 0 Å². The van der Waals surface area contributed by atoms with Gasteiger partial charge in [0.1, 0.15) is 22.3 Å². The average molecular weight is 281 g/mol. The lowest BCUT2D eigenvalue weighted by molar-refractivity contribution is -0.384. The van der Waals surface area contributed by atoms with E-state index in [9.17, 15) is 10.1 Å². The minimum atomic E-state index is -0.561. The Morgan fingerprint density at radius 3 is 2.68 bits per heavy atom. The molecule has 0 saturated carbocycles. The predicted octanol–water partition coefficient (Wildman–Crippen LogP) is 2.72. The molecule has 2 rings (SSSR count). The summed E-state index contributed by atoms with van der Waals surface area (Å²) in [5.41, 5.74) is 2.21. The number of nitrogens with one attached hydrogen (secondary N) is 1. The van der Waals surface area contributed by atoms with Crippen molar-refractivity contribution in [3.05, 3.63) is 51.7 Å². The van der Waals surface area contributed by atoms with E-state index in [0.717, 1.165) is 0 Å². The second-order valence-corrected chi connectivity index (χ2v) is 3.90. The first kappa shape index (κ1) is 13.1. The van der Waals surface area contributed by atoms with E-state index < -0.39 is 4.92 Å². The van der Waals surface area contributed by atoms with E-state index >= 15 is 0 Å². The first-order chi connectivity index (χ1) is 9.10. The van der Waals surface area contributed by atoms with Crippen LogP contribution in [0.2, 0.25) is 5.02 Å². The molecule has 0 spiro atoms. The Bertz CT molecular complexity index is 621. The van der Waals surface area contributed by atoms with Gasteiger partial charge in [0.05, 0.1) is 4.92 Å². The summed E-state index contributed by atoms with van der Waals surface area (Å²) in [7, 11) is 0. The highest BCUT2D eigenvalue weighted by Crippen LogP contribution is 2.31. The number of ether oxygens (including phenoxy) is 1. The predicted molar refractivity (Wildman–Crippen MR) is 70.2 cm³/mol. The van der Waals surface area contributed by atoms with Crippen molar-refractivity contribution in [1.82, 2.24) is 4.98 Å². The number of hydrogen-bond acceptors (Lipinski definition) is 6. The quantitative estimate of drug-likeness (QED) is 0.507. The van der Waals surface area contributed by atoms with Crippen LogP contribution in [0.15, 0.2) is 36.5 Å². The van der Waals surface area contributed by atoms with E-state index in [1.165, 1.54) is 24.4 Å². The van der Waals surface area contributed by atoms with Crippen LogP contribution in [0.3, 0.4) is 0 Å². The van der Waals surface area contributed by atoms with Crippen LogP contribution < -0.4 is 16.0 Å². The average Bonchev–Trinajstić information content (AvgIpc) is 2.38. The summed E-state index contributed by atoms with van der Waals surface area (Å²) in [6.07, 6.45) is 1.51. The maximum absolute atomic E-state index is 10.6. The van der Waals surface area contributed by atoms with E-state index in [0.29, 0.717) is 17.3 Å². The highest BCUT2D eigenvalue weighted by molar-refractivity contribution is 6.32. The topological polar surface area (TPSA) is 103 Å². The van der Waals surface area contributed by atoms with Gasteiger partial charge in [-0.05, 0) is 12.1 Å². The molecule has 0 saturated heterocycles. The standard InChI is InChI=1S/C11H9ClN4O3/c12-9-5-7(1-2-10(9)16(17)18)19-8-3-4-14-11(6-8)15-13/h1-6H,13H2,(H,14,15). The summed E-state index contributed by atoms with van der Waals surface area (Å²) < 4.78 is 5.49. The molecule has 0 radical (unpaired) electrons. The number of benzene rings is 1. The van der Waals surface area contributed by atoms with Gasteiger partial charge < -0.3 is 10.2 Å². The Morgan fingerprint density at radius 2 is 2.05 bits per heavy atom. The number of aromatic nitrogens is 1. The van der Waals surface area contributed by atoms with Crippen molar-refractivity contribution in [3.63, 3.8) is 0 Å². The molecule has 0 fully saturated rings. The maximum Gasteiger partial charge on any atom is 0.288 e.